The predicted octanol–water partition coefficient (Wildman–Crippen LogP) is 2.80. The zero-order chi connectivity index (χ0) is 15.9. The molecule has 0 aromatic heterocycles. The van der Waals surface area contributed by atoms with Crippen molar-refractivity contribution in [2.45, 2.75) is 39.0 Å². The molecule has 1 amide bonds. The van der Waals surface area contributed by atoms with Gasteiger partial charge >= 0.3 is 5.97 Å². The number of anilines is 1. The van der Waals surface area contributed by atoms with Crippen LogP contribution in [0.4, 0.5) is 5.69 Å². The second kappa shape index (κ2) is 7.78. The lowest BCUT2D eigenvalue weighted by Gasteiger charge is -2.19. The van der Waals surface area contributed by atoms with Gasteiger partial charge in [0, 0.05) is 25.3 Å². The van der Waals surface area contributed by atoms with E-state index in [-0.39, 0.29) is 5.91 Å². The second-order valence-corrected chi connectivity index (χ2v) is 5.36. The maximum absolute atomic E-state index is 11.7. The van der Waals surface area contributed by atoms with E-state index in [1.807, 2.05) is 6.92 Å². The Morgan fingerprint density at radius 1 is 1.24 bits per heavy atom. The summed E-state index contributed by atoms with van der Waals surface area (Å²) in [7, 11) is 0. The summed E-state index contributed by atoms with van der Waals surface area (Å²) >= 11 is 0. The summed E-state index contributed by atoms with van der Waals surface area (Å²) in [5, 5.41) is 12.0. The maximum Gasteiger partial charge on any atom is 0.313 e. The maximum atomic E-state index is 11.7. The molecule has 0 aliphatic heterocycles. The van der Waals surface area contributed by atoms with Crippen LogP contribution in [0.1, 0.15) is 39.2 Å². The Hall–Kier alpha value is -1.88. The summed E-state index contributed by atoms with van der Waals surface area (Å²) in [6, 6.07) is 6.90. The molecule has 0 saturated carbocycles. The van der Waals surface area contributed by atoms with Gasteiger partial charge in [0.2, 0.25) is 5.91 Å². The van der Waals surface area contributed by atoms with Crippen molar-refractivity contribution in [1.29, 1.82) is 0 Å². The number of carboxylic acid groups (broad SMARTS) is 1. The molecule has 5 nitrogen and oxygen atoms in total. The van der Waals surface area contributed by atoms with Crippen molar-refractivity contribution in [2.24, 2.45) is 0 Å². The van der Waals surface area contributed by atoms with Gasteiger partial charge in [-0.2, -0.15) is 0 Å². The Morgan fingerprint density at radius 3 is 2.38 bits per heavy atom. The number of amides is 1. The summed E-state index contributed by atoms with van der Waals surface area (Å²) in [5.74, 6) is -0.949. The van der Waals surface area contributed by atoms with Crippen LogP contribution in [-0.4, -0.2) is 30.2 Å². The van der Waals surface area contributed by atoms with Crippen molar-refractivity contribution in [3.05, 3.63) is 29.8 Å². The Labute approximate surface area is 125 Å². The van der Waals surface area contributed by atoms with Gasteiger partial charge in [0.15, 0.2) is 0 Å². The molecule has 0 radical (unpaired) electrons. The molecule has 116 valence electrons. The van der Waals surface area contributed by atoms with Gasteiger partial charge in [0.05, 0.1) is 5.41 Å². The summed E-state index contributed by atoms with van der Waals surface area (Å²) in [4.78, 5) is 22.9. The van der Waals surface area contributed by atoms with Gasteiger partial charge in [-0.1, -0.05) is 12.1 Å². The zero-order valence-electron chi connectivity index (χ0n) is 12.8. The van der Waals surface area contributed by atoms with E-state index in [2.05, 4.69) is 5.32 Å². The highest BCUT2D eigenvalue weighted by atomic mass is 16.5. The van der Waals surface area contributed by atoms with Crippen LogP contribution in [0.3, 0.4) is 0 Å². The molecule has 1 rings (SSSR count). The van der Waals surface area contributed by atoms with E-state index in [0.29, 0.717) is 37.3 Å². The van der Waals surface area contributed by atoms with E-state index in [0.717, 1.165) is 0 Å². The van der Waals surface area contributed by atoms with Crippen LogP contribution >= 0.6 is 0 Å². The van der Waals surface area contributed by atoms with E-state index >= 15 is 0 Å². The number of carboxylic acids is 1. The number of rotatable bonds is 8. The Bertz CT molecular complexity index is 480. The molecule has 0 heterocycles. The average Bonchev–Trinajstić information content (AvgIpc) is 2.44. The third kappa shape index (κ3) is 5.19. The van der Waals surface area contributed by atoms with E-state index in [1.165, 1.54) is 0 Å². The van der Waals surface area contributed by atoms with Gasteiger partial charge in [-0.05, 0) is 44.9 Å². The third-order valence-electron chi connectivity index (χ3n) is 3.32. The van der Waals surface area contributed by atoms with Gasteiger partial charge in [-0.3, -0.25) is 9.59 Å². The molecule has 0 atom stereocenters. The fourth-order valence-electron chi connectivity index (χ4n) is 1.80. The SMILES string of the molecule is CCOCCCC(=O)Nc1ccc(C(C)(C)C(=O)O)cc1. The quantitative estimate of drug-likeness (QED) is 0.723. The van der Waals surface area contributed by atoms with Gasteiger partial charge < -0.3 is 15.2 Å². The van der Waals surface area contributed by atoms with Gasteiger partial charge in [0.25, 0.3) is 0 Å². The van der Waals surface area contributed by atoms with Crippen LogP contribution < -0.4 is 5.32 Å². The average molecular weight is 293 g/mol. The first kappa shape index (κ1) is 17.2. The molecule has 0 saturated heterocycles. The molecule has 0 bridgehead atoms. The second-order valence-electron chi connectivity index (χ2n) is 5.36. The predicted molar refractivity (Wildman–Crippen MR) is 81.5 cm³/mol. The highest BCUT2D eigenvalue weighted by molar-refractivity contribution is 5.90. The lowest BCUT2D eigenvalue weighted by Crippen LogP contribution is -2.28. The van der Waals surface area contributed by atoms with Gasteiger partial charge in [0.1, 0.15) is 0 Å². The molecule has 0 fully saturated rings. The number of carbonyl (C=O) groups excluding carboxylic acids is 1. The number of hydrogen-bond donors (Lipinski definition) is 2. The van der Waals surface area contributed by atoms with E-state index in [4.69, 9.17) is 9.84 Å². The van der Waals surface area contributed by atoms with E-state index < -0.39 is 11.4 Å². The minimum Gasteiger partial charge on any atom is -0.481 e. The third-order valence-corrected chi connectivity index (χ3v) is 3.32. The fourth-order valence-corrected chi connectivity index (χ4v) is 1.80. The van der Waals surface area contributed by atoms with Crippen molar-refractivity contribution in [1.82, 2.24) is 0 Å². The molecule has 1 aromatic carbocycles. The lowest BCUT2D eigenvalue weighted by atomic mass is 9.85. The molecular formula is C16H23NO4. The topological polar surface area (TPSA) is 75.6 Å². The molecule has 0 aliphatic rings. The summed E-state index contributed by atoms with van der Waals surface area (Å²) in [6.45, 7) is 6.45. The largest absolute Gasteiger partial charge is 0.481 e. The molecule has 0 aliphatic carbocycles. The molecule has 0 spiro atoms. The minimum atomic E-state index is -0.944. The van der Waals surface area contributed by atoms with Crippen molar-refractivity contribution in [3.63, 3.8) is 0 Å². The number of nitrogens with one attached hydrogen (secondary N) is 1. The number of benzene rings is 1. The molecule has 2 N–H and O–H groups in total. The normalized spacial score (nSPS) is 11.2. The monoisotopic (exact) mass is 293 g/mol. The number of ether oxygens (including phenoxy) is 1. The fraction of sp³-hybridized carbons (Fsp3) is 0.500. The minimum absolute atomic E-state index is 0.0695. The van der Waals surface area contributed by atoms with Crippen LogP contribution in [0.2, 0.25) is 0 Å². The standard InChI is InChI=1S/C16H23NO4/c1-4-21-11-5-6-14(18)17-13-9-7-12(8-10-13)16(2,3)15(19)20/h7-10H,4-6,11H2,1-3H3,(H,17,18)(H,19,20). The van der Waals surface area contributed by atoms with Gasteiger partial charge in [-0.25, -0.2) is 0 Å². The van der Waals surface area contributed by atoms with E-state index in [9.17, 15) is 9.59 Å². The van der Waals surface area contributed by atoms with Crippen molar-refractivity contribution in [2.75, 3.05) is 18.5 Å². The number of hydrogen-bond acceptors (Lipinski definition) is 3. The first-order valence-electron chi connectivity index (χ1n) is 7.09. The smallest absolute Gasteiger partial charge is 0.313 e. The first-order valence-corrected chi connectivity index (χ1v) is 7.09. The summed E-state index contributed by atoms with van der Waals surface area (Å²) in [6.07, 6.45) is 1.09. The van der Waals surface area contributed by atoms with Crippen molar-refractivity contribution >= 4 is 17.6 Å². The molecule has 0 unspecified atom stereocenters. The Kier molecular flexibility index (Phi) is 6.37. The van der Waals surface area contributed by atoms with Crippen LogP contribution in [0.15, 0.2) is 24.3 Å². The first-order chi connectivity index (χ1) is 9.87. The number of aliphatic carboxylic acids is 1. The highest BCUT2D eigenvalue weighted by Gasteiger charge is 2.29. The van der Waals surface area contributed by atoms with Crippen LogP contribution in [0.25, 0.3) is 0 Å². The van der Waals surface area contributed by atoms with Crippen LogP contribution in [-0.2, 0) is 19.7 Å². The summed E-state index contributed by atoms with van der Waals surface area (Å²) < 4.78 is 5.17. The van der Waals surface area contributed by atoms with Crippen LogP contribution in [0.5, 0.6) is 0 Å². The van der Waals surface area contributed by atoms with Crippen molar-refractivity contribution < 1.29 is 19.4 Å². The Morgan fingerprint density at radius 2 is 1.86 bits per heavy atom. The lowest BCUT2D eigenvalue weighted by molar-refractivity contribution is -0.142. The molecule has 1 aromatic rings. The summed E-state index contributed by atoms with van der Waals surface area (Å²) in [5.41, 5.74) is 0.422. The van der Waals surface area contributed by atoms with E-state index in [1.54, 1.807) is 38.1 Å². The van der Waals surface area contributed by atoms with Gasteiger partial charge in [-0.15, -0.1) is 0 Å². The van der Waals surface area contributed by atoms with Crippen molar-refractivity contribution in [3.8, 4) is 0 Å². The molecule has 5 heteroatoms. The molecule has 21 heavy (non-hydrogen) atoms. The zero-order valence-corrected chi connectivity index (χ0v) is 12.8. The number of carbonyl (C=O) groups is 2. The molecular weight excluding hydrogens is 270 g/mol. The Balaban J connectivity index is 2.55. The van der Waals surface area contributed by atoms with Crippen LogP contribution in [0, 0.1) is 0 Å². The highest BCUT2D eigenvalue weighted by Crippen LogP contribution is 2.24.